The zero-order valence-electron chi connectivity index (χ0n) is 20.4. The first-order valence-corrected chi connectivity index (χ1v) is 12.4. The number of hydrogen-bond donors (Lipinski definition) is 1. The van der Waals surface area contributed by atoms with E-state index >= 15 is 0 Å². The number of nitrogens with zero attached hydrogens (tertiary/aromatic N) is 4. The smallest absolute Gasteiger partial charge is 0.193 e. The summed E-state index contributed by atoms with van der Waals surface area (Å²) >= 11 is 0. The van der Waals surface area contributed by atoms with Gasteiger partial charge in [-0.25, -0.2) is 0 Å². The molecule has 1 aromatic carbocycles. The van der Waals surface area contributed by atoms with Crippen molar-refractivity contribution in [2.45, 2.75) is 32.6 Å². The summed E-state index contributed by atoms with van der Waals surface area (Å²) in [7, 11) is 3.88. The van der Waals surface area contributed by atoms with E-state index in [1.54, 1.807) is 7.11 Å². The number of piperazine rings is 1. The molecule has 2 heterocycles. The van der Waals surface area contributed by atoms with Gasteiger partial charge in [0, 0.05) is 78.3 Å². The molecule has 7 nitrogen and oxygen atoms in total. The predicted octanol–water partition coefficient (Wildman–Crippen LogP) is 2.92. The van der Waals surface area contributed by atoms with Gasteiger partial charge >= 0.3 is 0 Å². The zero-order valence-corrected chi connectivity index (χ0v) is 20.4. The van der Waals surface area contributed by atoms with Crippen LogP contribution in [0.4, 0.5) is 5.69 Å². The maximum Gasteiger partial charge on any atom is 0.193 e. The summed E-state index contributed by atoms with van der Waals surface area (Å²) in [6.07, 6.45) is 4.73. The summed E-state index contributed by atoms with van der Waals surface area (Å²) in [6, 6.07) is 8.40. The predicted molar refractivity (Wildman–Crippen MR) is 133 cm³/mol. The summed E-state index contributed by atoms with van der Waals surface area (Å²) in [5, 5.41) is 3.46. The zero-order chi connectivity index (χ0) is 22.6. The number of methoxy groups -OCH3 is 1. The van der Waals surface area contributed by atoms with E-state index in [0.717, 1.165) is 89.6 Å². The minimum absolute atomic E-state index is 0.797. The second-order valence-corrected chi connectivity index (χ2v) is 8.88. The van der Waals surface area contributed by atoms with Gasteiger partial charge in [0.25, 0.3) is 0 Å². The number of aliphatic imine (C=N–C) groups is 1. The molecule has 2 aliphatic heterocycles. The summed E-state index contributed by atoms with van der Waals surface area (Å²) in [5.74, 6) is 2.76. The van der Waals surface area contributed by atoms with Crippen molar-refractivity contribution in [3.63, 3.8) is 0 Å². The van der Waals surface area contributed by atoms with Crippen molar-refractivity contribution in [1.29, 1.82) is 0 Å². The van der Waals surface area contributed by atoms with Gasteiger partial charge in [-0.15, -0.1) is 0 Å². The third kappa shape index (κ3) is 7.85. The molecule has 2 fully saturated rings. The summed E-state index contributed by atoms with van der Waals surface area (Å²) in [5.41, 5.74) is 1.29. The SMILES string of the molecule is CCNC(=NCCCN1CCN(c2ccc(OC)cc2)CC1)N(C)CCC1CCOCC1. The van der Waals surface area contributed by atoms with Gasteiger partial charge in [-0.2, -0.15) is 0 Å². The summed E-state index contributed by atoms with van der Waals surface area (Å²) in [4.78, 5) is 12.2. The Hall–Kier alpha value is -1.99. The Morgan fingerprint density at radius 2 is 1.88 bits per heavy atom. The Kier molecular flexibility index (Phi) is 10.4. The molecule has 3 rings (SSSR count). The summed E-state index contributed by atoms with van der Waals surface area (Å²) in [6.45, 7) is 12.3. The molecule has 0 unspecified atom stereocenters. The van der Waals surface area contributed by atoms with Crippen LogP contribution in [0.3, 0.4) is 0 Å². The number of rotatable bonds is 10. The molecule has 2 aliphatic rings. The quantitative estimate of drug-likeness (QED) is 0.340. The van der Waals surface area contributed by atoms with Crippen molar-refractivity contribution in [2.24, 2.45) is 10.9 Å². The van der Waals surface area contributed by atoms with E-state index in [-0.39, 0.29) is 0 Å². The third-order valence-electron chi connectivity index (χ3n) is 6.61. The molecule has 1 aromatic rings. The molecule has 0 spiro atoms. The molecule has 2 saturated heterocycles. The topological polar surface area (TPSA) is 52.6 Å². The molecule has 0 bridgehead atoms. The lowest BCUT2D eigenvalue weighted by atomic mass is 9.96. The van der Waals surface area contributed by atoms with E-state index in [4.69, 9.17) is 14.5 Å². The van der Waals surface area contributed by atoms with Crippen LogP contribution < -0.4 is 15.0 Å². The molecule has 0 aromatic heterocycles. The molecule has 7 heteroatoms. The minimum atomic E-state index is 0.797. The highest BCUT2D eigenvalue weighted by molar-refractivity contribution is 5.79. The Labute approximate surface area is 194 Å². The maximum absolute atomic E-state index is 5.48. The number of nitrogens with one attached hydrogen (secondary N) is 1. The van der Waals surface area contributed by atoms with Gasteiger partial charge < -0.3 is 24.6 Å². The Balaban J connectivity index is 1.35. The maximum atomic E-state index is 5.48. The average molecular weight is 446 g/mol. The van der Waals surface area contributed by atoms with Crippen molar-refractivity contribution in [3.8, 4) is 5.75 Å². The third-order valence-corrected chi connectivity index (χ3v) is 6.61. The van der Waals surface area contributed by atoms with E-state index in [1.165, 1.54) is 24.9 Å². The van der Waals surface area contributed by atoms with Crippen molar-refractivity contribution >= 4 is 11.6 Å². The van der Waals surface area contributed by atoms with Crippen LogP contribution in [-0.4, -0.2) is 95.5 Å². The molecular weight excluding hydrogens is 402 g/mol. The fraction of sp³-hybridized carbons (Fsp3) is 0.720. The fourth-order valence-electron chi connectivity index (χ4n) is 4.49. The lowest BCUT2D eigenvalue weighted by molar-refractivity contribution is 0.0625. The van der Waals surface area contributed by atoms with Gasteiger partial charge in [0.2, 0.25) is 0 Å². The van der Waals surface area contributed by atoms with Crippen LogP contribution in [0.15, 0.2) is 29.3 Å². The van der Waals surface area contributed by atoms with E-state index in [9.17, 15) is 0 Å². The summed E-state index contributed by atoms with van der Waals surface area (Å²) < 4.78 is 10.8. The average Bonchev–Trinajstić information content (AvgIpc) is 2.85. The van der Waals surface area contributed by atoms with Crippen molar-refractivity contribution < 1.29 is 9.47 Å². The van der Waals surface area contributed by atoms with Gasteiger partial charge in [-0.05, 0) is 62.8 Å². The fourth-order valence-corrected chi connectivity index (χ4v) is 4.49. The molecule has 0 atom stereocenters. The van der Waals surface area contributed by atoms with Crippen LogP contribution in [0.2, 0.25) is 0 Å². The van der Waals surface area contributed by atoms with Gasteiger partial charge in [0.05, 0.1) is 7.11 Å². The molecule has 32 heavy (non-hydrogen) atoms. The Morgan fingerprint density at radius 3 is 2.53 bits per heavy atom. The molecule has 1 N–H and O–H groups in total. The van der Waals surface area contributed by atoms with Crippen molar-refractivity contribution in [3.05, 3.63) is 24.3 Å². The Bertz CT molecular complexity index is 667. The number of anilines is 1. The highest BCUT2D eigenvalue weighted by atomic mass is 16.5. The van der Waals surface area contributed by atoms with Crippen LogP contribution in [-0.2, 0) is 4.74 Å². The highest BCUT2D eigenvalue weighted by Crippen LogP contribution is 2.21. The normalized spacial score (nSPS) is 18.6. The second kappa shape index (κ2) is 13.5. The monoisotopic (exact) mass is 445 g/mol. The molecular formula is C25H43N5O2. The van der Waals surface area contributed by atoms with Crippen LogP contribution in [0.5, 0.6) is 5.75 Å². The number of hydrogen-bond acceptors (Lipinski definition) is 5. The van der Waals surface area contributed by atoms with Gasteiger partial charge in [0.15, 0.2) is 5.96 Å². The van der Waals surface area contributed by atoms with Crippen LogP contribution in [0.1, 0.15) is 32.6 Å². The van der Waals surface area contributed by atoms with E-state index < -0.39 is 0 Å². The van der Waals surface area contributed by atoms with Gasteiger partial charge in [-0.3, -0.25) is 9.89 Å². The largest absolute Gasteiger partial charge is 0.497 e. The molecule has 180 valence electrons. The first kappa shape index (κ1) is 24.6. The van der Waals surface area contributed by atoms with Crippen molar-refractivity contribution in [1.82, 2.24) is 15.1 Å². The first-order chi connectivity index (χ1) is 15.7. The number of benzene rings is 1. The van der Waals surface area contributed by atoms with Crippen LogP contribution in [0, 0.1) is 5.92 Å². The van der Waals surface area contributed by atoms with Crippen molar-refractivity contribution in [2.75, 3.05) is 84.6 Å². The molecule has 0 radical (unpaired) electrons. The van der Waals surface area contributed by atoms with Gasteiger partial charge in [0.1, 0.15) is 5.75 Å². The van der Waals surface area contributed by atoms with E-state index in [2.05, 4.69) is 46.1 Å². The van der Waals surface area contributed by atoms with E-state index in [0.29, 0.717) is 0 Å². The first-order valence-electron chi connectivity index (χ1n) is 12.4. The molecule has 0 saturated carbocycles. The van der Waals surface area contributed by atoms with Crippen LogP contribution in [0.25, 0.3) is 0 Å². The lowest BCUT2D eigenvalue weighted by Gasteiger charge is -2.36. The molecule has 0 aliphatic carbocycles. The minimum Gasteiger partial charge on any atom is -0.497 e. The second-order valence-electron chi connectivity index (χ2n) is 8.88. The van der Waals surface area contributed by atoms with Crippen LogP contribution >= 0.6 is 0 Å². The number of guanidine groups is 1. The lowest BCUT2D eigenvalue weighted by Crippen LogP contribution is -2.46. The van der Waals surface area contributed by atoms with E-state index in [1.807, 2.05) is 12.1 Å². The van der Waals surface area contributed by atoms with Gasteiger partial charge in [-0.1, -0.05) is 0 Å². The standard InChI is InChI=1S/C25H43N5O2/c1-4-26-25(28(2)15-10-22-11-20-32-21-12-22)27-13-5-14-29-16-18-30(19-17-29)23-6-8-24(31-3)9-7-23/h6-9,22H,4-5,10-21H2,1-3H3,(H,26,27). The highest BCUT2D eigenvalue weighted by Gasteiger charge is 2.17. The number of ether oxygens (including phenoxy) is 2. The Morgan fingerprint density at radius 1 is 1.16 bits per heavy atom. The molecule has 0 amide bonds.